The summed E-state index contributed by atoms with van der Waals surface area (Å²) >= 11 is 0. The Kier molecular flexibility index (Phi) is 17.4. The lowest BCUT2D eigenvalue weighted by Gasteiger charge is -2.64. The summed E-state index contributed by atoms with van der Waals surface area (Å²) in [7, 11) is 0. The minimum atomic E-state index is 0.861. The van der Waals surface area contributed by atoms with Crippen molar-refractivity contribution < 1.29 is 0 Å². The third-order valence-corrected chi connectivity index (χ3v) is 27.0. The molecule has 12 aliphatic carbocycles. The third kappa shape index (κ3) is 11.0. The summed E-state index contributed by atoms with van der Waals surface area (Å²) in [5.41, 5.74) is 0. The van der Waals surface area contributed by atoms with Crippen molar-refractivity contribution in [3.05, 3.63) is 12.2 Å². The highest BCUT2D eigenvalue weighted by atomic mass is 15.2. The van der Waals surface area contributed by atoms with E-state index in [-0.39, 0.29) is 0 Å². The van der Waals surface area contributed by atoms with Crippen molar-refractivity contribution in [1.82, 2.24) is 9.80 Å². The van der Waals surface area contributed by atoms with Crippen LogP contribution in [0.15, 0.2) is 12.2 Å². The molecule has 0 spiro atoms. The standard InChI is InChI=1S/C70H118N2/c1-47-25-33-51(34-26-47)35-36-52-37-45-54(46-38-52)71(53-39-27-48(2)28-40-53)68-24-12-21-60-58(18-10-22-62(60)68)57-17-9-20-61-59(57)19-11-23-63(61)69-64-13-5-7-15-66(64)70(67-16-8-6-14-65(67)69)72(55-41-29-49(3)30-42-55)56-43-31-50(4)32-44-56/h35-36,47-70H,5-34,37-46H2,1-4H3/b36-35+. The van der Waals surface area contributed by atoms with Crippen molar-refractivity contribution in [2.75, 3.05) is 0 Å². The molecule has 12 atom stereocenters. The fourth-order valence-corrected chi connectivity index (χ4v) is 23.6. The highest BCUT2D eigenvalue weighted by Crippen LogP contribution is 2.64. The van der Waals surface area contributed by atoms with Crippen LogP contribution in [0.3, 0.4) is 0 Å². The molecule has 0 heterocycles. The summed E-state index contributed by atoms with van der Waals surface area (Å²) in [6.07, 6.45) is 67.2. The van der Waals surface area contributed by atoms with Gasteiger partial charge in [-0.1, -0.05) is 104 Å². The Morgan fingerprint density at radius 1 is 0.236 bits per heavy atom. The van der Waals surface area contributed by atoms with Gasteiger partial charge < -0.3 is 0 Å². The molecule has 12 aliphatic rings. The number of nitrogens with zero attached hydrogens (tertiary/aromatic N) is 2. The number of hydrogen-bond donors (Lipinski definition) is 0. The normalized spacial score (nSPS) is 50.7. The Bertz CT molecular complexity index is 1630. The van der Waals surface area contributed by atoms with Crippen molar-refractivity contribution in [2.24, 2.45) is 107 Å². The van der Waals surface area contributed by atoms with E-state index in [1.165, 1.54) is 128 Å². The van der Waals surface area contributed by atoms with Crippen molar-refractivity contribution >= 4 is 0 Å². The van der Waals surface area contributed by atoms with E-state index in [1.54, 1.807) is 128 Å². The number of rotatable bonds is 10. The molecule has 72 heavy (non-hydrogen) atoms. The van der Waals surface area contributed by atoms with Crippen molar-refractivity contribution in [3.63, 3.8) is 0 Å². The van der Waals surface area contributed by atoms with Crippen LogP contribution in [-0.4, -0.2) is 46.1 Å². The number of allylic oxidation sites excluding steroid dienone is 2. The monoisotopic (exact) mass is 987 g/mol. The molecule has 2 heteroatoms. The van der Waals surface area contributed by atoms with Gasteiger partial charge in [0.1, 0.15) is 0 Å². The summed E-state index contributed by atoms with van der Waals surface area (Å²) in [4.78, 5) is 6.92. The predicted octanol–water partition coefficient (Wildman–Crippen LogP) is 19.3. The number of fused-ring (bicyclic) bond motifs is 4. The molecule has 2 nitrogen and oxygen atoms in total. The van der Waals surface area contributed by atoms with Crippen LogP contribution in [0.1, 0.15) is 285 Å². The molecule has 0 aromatic carbocycles. The lowest BCUT2D eigenvalue weighted by Crippen LogP contribution is -2.64. The van der Waals surface area contributed by atoms with E-state index in [0.717, 1.165) is 143 Å². The molecule has 12 fully saturated rings. The fourth-order valence-electron chi connectivity index (χ4n) is 23.6. The zero-order valence-corrected chi connectivity index (χ0v) is 48.2. The SMILES string of the molecule is CC1CCC(/C=C/C2CCC(N(C3CCC(C)CC3)C3CCCC4C(C5CCCC6C5CCCC6C5C6CCCCC6C(N(C6CCC(C)CC6)C6CCC(C)CC6)C6CCCCC65)CCCC43)CC2)CC1. The molecule has 0 bridgehead atoms. The lowest BCUT2D eigenvalue weighted by molar-refractivity contribution is -0.151. The molecular weight excluding hydrogens is 869 g/mol. The molecule has 0 amide bonds. The van der Waals surface area contributed by atoms with E-state index >= 15 is 0 Å². The van der Waals surface area contributed by atoms with Gasteiger partial charge in [-0.15, -0.1) is 0 Å². The molecule has 0 aromatic rings. The first kappa shape index (κ1) is 52.4. The second kappa shape index (κ2) is 23.9. The fraction of sp³-hybridized carbons (Fsp3) is 0.971. The first-order valence-corrected chi connectivity index (χ1v) is 34.6. The first-order chi connectivity index (χ1) is 35.4. The van der Waals surface area contributed by atoms with Gasteiger partial charge in [-0.05, 0) is 299 Å². The second-order valence-electron chi connectivity index (χ2n) is 30.8. The largest absolute Gasteiger partial charge is 0.294 e. The van der Waals surface area contributed by atoms with E-state index in [4.69, 9.17) is 0 Å². The summed E-state index contributed by atoms with van der Waals surface area (Å²) < 4.78 is 0. The minimum absolute atomic E-state index is 0.861. The minimum Gasteiger partial charge on any atom is -0.294 e. The Labute approximate surface area is 447 Å². The third-order valence-electron chi connectivity index (χ3n) is 27.0. The highest BCUT2D eigenvalue weighted by molar-refractivity contribution is 5.10. The van der Waals surface area contributed by atoms with Crippen molar-refractivity contribution in [1.29, 1.82) is 0 Å². The van der Waals surface area contributed by atoms with Crippen LogP contribution in [0.25, 0.3) is 0 Å². The van der Waals surface area contributed by atoms with Gasteiger partial charge in [-0.25, -0.2) is 0 Å². The molecule has 12 rings (SSSR count). The van der Waals surface area contributed by atoms with Gasteiger partial charge in [0.05, 0.1) is 0 Å². The average Bonchev–Trinajstić information content (AvgIpc) is 3.42. The molecule has 408 valence electrons. The quantitative estimate of drug-likeness (QED) is 0.201. The molecule has 0 N–H and O–H groups in total. The van der Waals surface area contributed by atoms with Gasteiger partial charge in [0.15, 0.2) is 0 Å². The molecular formula is C70H118N2. The Morgan fingerprint density at radius 2 is 0.514 bits per heavy atom. The molecule has 0 radical (unpaired) electrons. The summed E-state index contributed by atoms with van der Waals surface area (Å²) in [5.74, 6) is 18.2. The second-order valence-corrected chi connectivity index (χ2v) is 30.8. The van der Waals surface area contributed by atoms with E-state index in [9.17, 15) is 0 Å². The average molecular weight is 988 g/mol. The van der Waals surface area contributed by atoms with E-state index in [1.807, 2.05) is 0 Å². The topological polar surface area (TPSA) is 6.48 Å². The number of hydrogen-bond acceptors (Lipinski definition) is 2. The Balaban J connectivity index is 0.776. The lowest BCUT2D eigenvalue weighted by atomic mass is 9.45. The molecule has 0 aromatic heterocycles. The molecule has 12 saturated carbocycles. The maximum Gasteiger partial charge on any atom is 0.0163 e. The summed E-state index contributed by atoms with van der Waals surface area (Å²) in [6, 6.07) is 5.40. The van der Waals surface area contributed by atoms with Crippen molar-refractivity contribution in [3.8, 4) is 0 Å². The summed E-state index contributed by atoms with van der Waals surface area (Å²) in [5, 5.41) is 0. The molecule has 12 unspecified atom stereocenters. The zero-order valence-electron chi connectivity index (χ0n) is 48.2. The van der Waals surface area contributed by atoms with E-state index in [2.05, 4.69) is 49.6 Å². The highest BCUT2D eigenvalue weighted by Gasteiger charge is 2.59. The van der Waals surface area contributed by atoms with Gasteiger partial charge in [0.25, 0.3) is 0 Å². The molecule has 0 saturated heterocycles. The van der Waals surface area contributed by atoms with Crippen molar-refractivity contribution in [2.45, 2.75) is 321 Å². The van der Waals surface area contributed by atoms with Crippen LogP contribution in [0.5, 0.6) is 0 Å². The van der Waals surface area contributed by atoms with Crippen LogP contribution >= 0.6 is 0 Å². The van der Waals surface area contributed by atoms with Gasteiger partial charge in [-0.2, -0.15) is 0 Å². The van der Waals surface area contributed by atoms with Gasteiger partial charge >= 0.3 is 0 Å². The molecule has 0 aliphatic heterocycles. The van der Waals surface area contributed by atoms with Gasteiger partial charge in [-0.3, -0.25) is 9.80 Å². The maximum absolute atomic E-state index is 3.49. The van der Waals surface area contributed by atoms with Crippen LogP contribution in [-0.2, 0) is 0 Å². The zero-order chi connectivity index (χ0) is 48.7. The predicted molar refractivity (Wildman–Crippen MR) is 306 cm³/mol. The van der Waals surface area contributed by atoms with Crippen LogP contribution in [0.2, 0.25) is 0 Å². The van der Waals surface area contributed by atoms with E-state index in [0.29, 0.717) is 0 Å². The first-order valence-electron chi connectivity index (χ1n) is 34.6. The smallest absolute Gasteiger partial charge is 0.0163 e. The van der Waals surface area contributed by atoms with Crippen LogP contribution in [0.4, 0.5) is 0 Å². The Morgan fingerprint density at radius 3 is 0.958 bits per heavy atom. The van der Waals surface area contributed by atoms with Crippen LogP contribution in [0, 0.1) is 107 Å². The Hall–Kier alpha value is -0.340. The maximum atomic E-state index is 3.49. The van der Waals surface area contributed by atoms with Gasteiger partial charge in [0.2, 0.25) is 0 Å². The van der Waals surface area contributed by atoms with E-state index < -0.39 is 0 Å². The summed E-state index contributed by atoms with van der Waals surface area (Å²) in [6.45, 7) is 10.2. The van der Waals surface area contributed by atoms with Gasteiger partial charge in [0, 0.05) is 36.3 Å². The van der Waals surface area contributed by atoms with Crippen LogP contribution < -0.4 is 0 Å².